The zero-order chi connectivity index (χ0) is 10.7. The zero-order valence-corrected chi connectivity index (χ0v) is 10.0. The van der Waals surface area contributed by atoms with Crippen molar-refractivity contribution in [3.63, 3.8) is 0 Å². The van der Waals surface area contributed by atoms with Gasteiger partial charge in [0.1, 0.15) is 0 Å². The van der Waals surface area contributed by atoms with E-state index in [0.717, 1.165) is 25.2 Å². The highest BCUT2D eigenvalue weighted by Crippen LogP contribution is 2.34. The van der Waals surface area contributed by atoms with Crippen LogP contribution in [0, 0.1) is 0 Å². The van der Waals surface area contributed by atoms with Gasteiger partial charge in [-0.15, -0.1) is 0 Å². The highest BCUT2D eigenvalue weighted by atomic mass is 16.5. The molecular weight excluding hydrogens is 188 g/mol. The van der Waals surface area contributed by atoms with E-state index in [-0.39, 0.29) is 0 Å². The first-order chi connectivity index (χ1) is 7.36. The van der Waals surface area contributed by atoms with Gasteiger partial charge in [-0.25, -0.2) is 0 Å². The maximum absolute atomic E-state index is 5.22. The maximum Gasteiger partial charge on any atom is 0.0589 e. The number of nitrogens with zero attached hydrogens (tertiary/aromatic N) is 1. The third-order valence-corrected chi connectivity index (χ3v) is 3.85. The minimum absolute atomic E-state index is 0.711. The summed E-state index contributed by atoms with van der Waals surface area (Å²) in [5.41, 5.74) is 0. The summed E-state index contributed by atoms with van der Waals surface area (Å²) in [7, 11) is 3.90. The van der Waals surface area contributed by atoms with E-state index in [1.54, 1.807) is 7.11 Å². The van der Waals surface area contributed by atoms with E-state index >= 15 is 0 Å². The van der Waals surface area contributed by atoms with Crippen LogP contribution in [0.4, 0.5) is 0 Å². The fourth-order valence-corrected chi connectivity index (χ4v) is 2.90. The molecule has 0 aliphatic heterocycles. The number of ether oxygens (including phenoxy) is 1. The second kappa shape index (κ2) is 5.28. The normalized spacial score (nSPS) is 31.4. The van der Waals surface area contributed by atoms with Gasteiger partial charge in [0.05, 0.1) is 6.61 Å². The van der Waals surface area contributed by atoms with E-state index in [2.05, 4.69) is 17.3 Å². The van der Waals surface area contributed by atoms with Crippen LogP contribution < -0.4 is 5.32 Å². The molecular formula is C12H24N2O. The van der Waals surface area contributed by atoms with Crippen LogP contribution in [0.1, 0.15) is 32.1 Å². The van der Waals surface area contributed by atoms with Crippen molar-refractivity contribution < 1.29 is 4.74 Å². The Hall–Kier alpha value is -0.120. The predicted octanol–water partition coefficient (Wildman–Crippen LogP) is 1.24. The Balaban J connectivity index is 1.90. The van der Waals surface area contributed by atoms with Crippen LogP contribution in [0.3, 0.4) is 0 Å². The molecule has 3 heteroatoms. The first-order valence-corrected chi connectivity index (χ1v) is 6.28. The van der Waals surface area contributed by atoms with Crippen molar-refractivity contribution in [2.45, 2.75) is 50.2 Å². The number of likely N-dealkylation sites (N-methyl/N-ethyl adjacent to an activating group) is 1. The van der Waals surface area contributed by atoms with Gasteiger partial charge in [0.2, 0.25) is 0 Å². The molecule has 0 saturated heterocycles. The lowest BCUT2D eigenvalue weighted by Crippen LogP contribution is -2.48. The van der Waals surface area contributed by atoms with E-state index < -0.39 is 0 Å². The highest BCUT2D eigenvalue weighted by molar-refractivity contribution is 4.96. The second-order valence-corrected chi connectivity index (χ2v) is 4.86. The Labute approximate surface area is 93.2 Å². The van der Waals surface area contributed by atoms with Crippen LogP contribution in [0.5, 0.6) is 0 Å². The van der Waals surface area contributed by atoms with Gasteiger partial charge in [0, 0.05) is 31.8 Å². The quantitative estimate of drug-likeness (QED) is 0.717. The summed E-state index contributed by atoms with van der Waals surface area (Å²) in [6.07, 6.45) is 6.89. The van der Waals surface area contributed by atoms with Crippen LogP contribution in [0.2, 0.25) is 0 Å². The number of hydrogen-bond donors (Lipinski definition) is 1. The molecule has 0 aromatic carbocycles. The molecule has 2 saturated carbocycles. The van der Waals surface area contributed by atoms with Gasteiger partial charge >= 0.3 is 0 Å². The second-order valence-electron chi connectivity index (χ2n) is 4.86. The summed E-state index contributed by atoms with van der Waals surface area (Å²) in [6, 6.07) is 2.33. The van der Waals surface area contributed by atoms with Gasteiger partial charge in [0.15, 0.2) is 0 Å². The summed E-state index contributed by atoms with van der Waals surface area (Å²) < 4.78 is 5.22. The van der Waals surface area contributed by atoms with Crippen molar-refractivity contribution >= 4 is 0 Å². The number of methoxy groups -OCH3 is 1. The van der Waals surface area contributed by atoms with E-state index in [1.807, 2.05) is 0 Å². The summed E-state index contributed by atoms with van der Waals surface area (Å²) in [5.74, 6) is 0. The third kappa shape index (κ3) is 2.71. The topological polar surface area (TPSA) is 24.5 Å². The lowest BCUT2D eigenvalue weighted by Gasteiger charge is -2.32. The Morgan fingerprint density at radius 1 is 1.27 bits per heavy atom. The van der Waals surface area contributed by atoms with Crippen LogP contribution in [0.15, 0.2) is 0 Å². The van der Waals surface area contributed by atoms with Crippen LogP contribution in [-0.4, -0.2) is 50.3 Å². The minimum atomic E-state index is 0.711. The first kappa shape index (κ1) is 11.4. The van der Waals surface area contributed by atoms with Gasteiger partial charge < -0.3 is 10.1 Å². The number of rotatable bonds is 6. The van der Waals surface area contributed by atoms with Crippen molar-refractivity contribution in [3.8, 4) is 0 Å². The minimum Gasteiger partial charge on any atom is -0.383 e. The van der Waals surface area contributed by atoms with Crippen molar-refractivity contribution in [3.05, 3.63) is 0 Å². The van der Waals surface area contributed by atoms with E-state index in [4.69, 9.17) is 4.74 Å². The third-order valence-electron chi connectivity index (χ3n) is 3.85. The Bertz CT molecular complexity index is 194. The van der Waals surface area contributed by atoms with Gasteiger partial charge in [-0.2, -0.15) is 0 Å². The molecule has 2 atom stereocenters. The van der Waals surface area contributed by atoms with Crippen LogP contribution >= 0.6 is 0 Å². The molecule has 0 amide bonds. The molecule has 2 aliphatic carbocycles. The van der Waals surface area contributed by atoms with Crippen molar-refractivity contribution in [1.29, 1.82) is 0 Å². The number of nitrogens with one attached hydrogen (secondary N) is 1. The average molecular weight is 212 g/mol. The largest absolute Gasteiger partial charge is 0.383 e. The van der Waals surface area contributed by atoms with Crippen molar-refractivity contribution in [2.24, 2.45) is 0 Å². The lowest BCUT2D eigenvalue weighted by atomic mass is 10.1. The number of hydrogen-bond acceptors (Lipinski definition) is 3. The molecule has 2 fully saturated rings. The molecule has 2 aliphatic rings. The standard InChI is InChI=1S/C12H24N2O/c1-13-11-4-3-5-12(11)14(8-9-15-2)10-6-7-10/h10-13H,3-9H2,1-2H3. The first-order valence-electron chi connectivity index (χ1n) is 6.28. The van der Waals surface area contributed by atoms with E-state index in [1.165, 1.54) is 32.1 Å². The molecule has 88 valence electrons. The summed E-state index contributed by atoms with van der Waals surface area (Å²) in [4.78, 5) is 2.69. The summed E-state index contributed by atoms with van der Waals surface area (Å²) in [6.45, 7) is 1.99. The maximum atomic E-state index is 5.22. The monoisotopic (exact) mass is 212 g/mol. The average Bonchev–Trinajstić information content (AvgIpc) is 2.97. The van der Waals surface area contributed by atoms with Gasteiger partial charge in [-0.05, 0) is 32.7 Å². The molecule has 15 heavy (non-hydrogen) atoms. The van der Waals surface area contributed by atoms with Crippen molar-refractivity contribution in [1.82, 2.24) is 10.2 Å². The highest BCUT2D eigenvalue weighted by Gasteiger charge is 2.38. The zero-order valence-electron chi connectivity index (χ0n) is 10.0. The molecule has 1 N–H and O–H groups in total. The van der Waals surface area contributed by atoms with Gasteiger partial charge in [0.25, 0.3) is 0 Å². The lowest BCUT2D eigenvalue weighted by molar-refractivity contribution is 0.105. The molecule has 0 heterocycles. The molecule has 0 aromatic rings. The molecule has 3 nitrogen and oxygen atoms in total. The molecule has 0 radical (unpaired) electrons. The summed E-state index contributed by atoms with van der Waals surface area (Å²) in [5, 5.41) is 3.47. The van der Waals surface area contributed by atoms with E-state index in [0.29, 0.717) is 6.04 Å². The van der Waals surface area contributed by atoms with Crippen LogP contribution in [0.25, 0.3) is 0 Å². The van der Waals surface area contributed by atoms with Gasteiger partial charge in [-0.3, -0.25) is 4.90 Å². The Kier molecular flexibility index (Phi) is 4.00. The predicted molar refractivity (Wildman–Crippen MR) is 62.1 cm³/mol. The molecule has 2 rings (SSSR count). The molecule has 0 bridgehead atoms. The Morgan fingerprint density at radius 3 is 2.67 bits per heavy atom. The van der Waals surface area contributed by atoms with Crippen LogP contribution in [-0.2, 0) is 4.74 Å². The Morgan fingerprint density at radius 2 is 2.07 bits per heavy atom. The van der Waals surface area contributed by atoms with Gasteiger partial charge in [-0.1, -0.05) is 6.42 Å². The van der Waals surface area contributed by atoms with E-state index in [9.17, 15) is 0 Å². The smallest absolute Gasteiger partial charge is 0.0589 e. The fraction of sp³-hybridized carbons (Fsp3) is 1.00. The molecule has 2 unspecified atom stereocenters. The molecule has 0 spiro atoms. The SMILES string of the molecule is CNC1CCCC1N(CCOC)C1CC1. The summed E-state index contributed by atoms with van der Waals surface area (Å²) >= 11 is 0. The fourth-order valence-electron chi connectivity index (χ4n) is 2.90. The molecule has 0 aromatic heterocycles. The van der Waals surface area contributed by atoms with Crippen molar-refractivity contribution in [2.75, 3.05) is 27.3 Å².